The van der Waals surface area contributed by atoms with Gasteiger partial charge >= 0.3 is 0 Å². The second kappa shape index (κ2) is 13.0. The Morgan fingerprint density at radius 1 is 1.19 bits per heavy atom. The van der Waals surface area contributed by atoms with E-state index in [2.05, 4.69) is 24.1 Å². The molecule has 1 aromatic carbocycles. The minimum atomic E-state index is -0.596. The predicted molar refractivity (Wildman–Crippen MR) is 117 cm³/mol. The Bertz CT molecular complexity index is 562. The van der Waals surface area contributed by atoms with E-state index in [1.54, 1.807) is 25.3 Å². The molecule has 1 amide bonds. The fraction of sp³-hybridized carbons (Fsp3) is 0.632. The summed E-state index contributed by atoms with van der Waals surface area (Å²) in [6, 6.07) is 4.74. The Labute approximate surface area is 176 Å². The molecule has 27 heavy (non-hydrogen) atoms. The quantitative estimate of drug-likeness (QED) is 0.634. The molecule has 0 aliphatic carbocycles. The first kappa shape index (κ1) is 28.0. The number of carbonyl (C=O) groups is 1. The molecule has 3 N–H and O–H groups in total. The van der Waals surface area contributed by atoms with Gasteiger partial charge in [-0.1, -0.05) is 34.6 Å². The number of carbonyl (C=O) groups excluding carboxylic acids is 1. The van der Waals surface area contributed by atoms with Crippen LogP contribution in [-0.2, 0) is 4.79 Å². The maximum atomic E-state index is 12.3. The molecule has 0 spiro atoms. The first-order valence-electron chi connectivity index (χ1n) is 8.82. The van der Waals surface area contributed by atoms with E-state index in [1.807, 2.05) is 20.8 Å². The van der Waals surface area contributed by atoms with Crippen molar-refractivity contribution < 1.29 is 14.3 Å². The third kappa shape index (κ3) is 9.02. The summed E-state index contributed by atoms with van der Waals surface area (Å²) in [5.41, 5.74) is 6.34. The van der Waals surface area contributed by atoms with E-state index in [0.717, 1.165) is 19.6 Å². The van der Waals surface area contributed by atoms with Crippen LogP contribution in [0.3, 0.4) is 0 Å². The molecule has 0 radical (unpaired) electrons. The number of amides is 1. The number of nitrogens with zero attached hydrogens (tertiary/aromatic N) is 1. The van der Waals surface area contributed by atoms with Crippen LogP contribution < -0.4 is 20.5 Å². The van der Waals surface area contributed by atoms with E-state index in [4.69, 9.17) is 15.2 Å². The van der Waals surface area contributed by atoms with E-state index in [9.17, 15) is 4.79 Å². The van der Waals surface area contributed by atoms with Gasteiger partial charge < -0.3 is 25.4 Å². The number of hydrogen-bond acceptors (Lipinski definition) is 5. The molecule has 0 aliphatic rings. The number of ether oxygens (including phenoxy) is 2. The molecule has 0 saturated heterocycles. The van der Waals surface area contributed by atoms with Crippen LogP contribution in [0.5, 0.6) is 11.5 Å². The second-order valence-electron chi connectivity index (χ2n) is 7.07. The van der Waals surface area contributed by atoms with Gasteiger partial charge in [-0.3, -0.25) is 4.79 Å². The van der Waals surface area contributed by atoms with Crippen LogP contribution >= 0.6 is 24.8 Å². The van der Waals surface area contributed by atoms with Crippen LogP contribution in [0.15, 0.2) is 18.2 Å². The molecule has 0 aromatic heterocycles. The summed E-state index contributed by atoms with van der Waals surface area (Å²) >= 11 is 0. The predicted octanol–water partition coefficient (Wildman–Crippen LogP) is 3.57. The molecule has 0 saturated carbocycles. The summed E-state index contributed by atoms with van der Waals surface area (Å²) in [6.07, 6.45) is 0. The number of nitrogens with one attached hydrogen (secondary N) is 1. The lowest BCUT2D eigenvalue weighted by Gasteiger charge is -2.26. The van der Waals surface area contributed by atoms with E-state index in [0.29, 0.717) is 23.8 Å². The summed E-state index contributed by atoms with van der Waals surface area (Å²) in [6.45, 7) is 13.4. The van der Waals surface area contributed by atoms with Gasteiger partial charge in [0, 0.05) is 18.3 Å². The average molecular weight is 424 g/mol. The third-order valence-electron chi connectivity index (χ3n) is 4.21. The first-order chi connectivity index (χ1) is 11.7. The number of likely N-dealkylation sites (N-methyl/N-ethyl adjacent to an activating group) is 1. The van der Waals surface area contributed by atoms with Gasteiger partial charge in [-0.25, -0.2) is 0 Å². The smallest absolute Gasteiger partial charge is 0.241 e. The zero-order valence-corrected chi connectivity index (χ0v) is 18.8. The second-order valence-corrected chi connectivity index (χ2v) is 7.07. The van der Waals surface area contributed by atoms with Crippen molar-refractivity contribution in [3.05, 3.63) is 18.2 Å². The van der Waals surface area contributed by atoms with E-state index < -0.39 is 6.04 Å². The zero-order valence-electron chi connectivity index (χ0n) is 17.2. The molecule has 8 heteroatoms. The zero-order chi connectivity index (χ0) is 19.0. The fourth-order valence-corrected chi connectivity index (χ4v) is 2.31. The normalized spacial score (nSPS) is 11.9. The van der Waals surface area contributed by atoms with Crippen LogP contribution in [0.1, 0.15) is 34.6 Å². The topological polar surface area (TPSA) is 76.8 Å². The average Bonchev–Trinajstić information content (AvgIpc) is 2.57. The minimum Gasteiger partial charge on any atom is -0.493 e. The van der Waals surface area contributed by atoms with Gasteiger partial charge in [0.1, 0.15) is 6.61 Å². The molecule has 0 fully saturated rings. The van der Waals surface area contributed by atoms with Crippen LogP contribution in [0.2, 0.25) is 0 Å². The number of anilines is 1. The van der Waals surface area contributed by atoms with Crippen molar-refractivity contribution in [2.75, 3.05) is 38.7 Å². The molecule has 1 aromatic rings. The van der Waals surface area contributed by atoms with Gasteiger partial charge in [0.05, 0.1) is 13.2 Å². The van der Waals surface area contributed by atoms with Crippen molar-refractivity contribution in [3.8, 4) is 11.5 Å². The molecule has 6 nitrogen and oxygen atoms in total. The van der Waals surface area contributed by atoms with Crippen LogP contribution in [0.4, 0.5) is 5.69 Å². The molecule has 0 bridgehead atoms. The fourth-order valence-electron chi connectivity index (χ4n) is 2.31. The van der Waals surface area contributed by atoms with Gasteiger partial charge in [0.25, 0.3) is 0 Å². The van der Waals surface area contributed by atoms with Crippen molar-refractivity contribution >= 4 is 36.4 Å². The molecule has 0 heterocycles. The largest absolute Gasteiger partial charge is 0.493 e. The van der Waals surface area contributed by atoms with Crippen molar-refractivity contribution in [2.45, 2.75) is 40.7 Å². The highest BCUT2D eigenvalue weighted by molar-refractivity contribution is 5.95. The molecule has 1 rings (SSSR count). The lowest BCUT2D eigenvalue weighted by atomic mass is 9.87. The number of halogens is 2. The van der Waals surface area contributed by atoms with Crippen LogP contribution in [0, 0.1) is 5.41 Å². The molecular formula is C19H35Cl2N3O3. The lowest BCUT2D eigenvalue weighted by molar-refractivity contribution is -0.119. The van der Waals surface area contributed by atoms with E-state index >= 15 is 0 Å². The lowest BCUT2D eigenvalue weighted by Crippen LogP contribution is -2.45. The standard InChI is InChI=1S/C19H33N3O3.2ClH/c1-7-22(8-2)11-12-25-16-13-14(9-10-15(16)24-6)21-18(23)17(20)19(3,4)5;;/h9-10,13,17H,7-8,11-12,20H2,1-6H3,(H,21,23);2*1H/t17-;;/m1../s1. The van der Waals surface area contributed by atoms with E-state index in [-0.39, 0.29) is 36.1 Å². The third-order valence-corrected chi connectivity index (χ3v) is 4.21. The Hall–Kier alpha value is -1.21. The van der Waals surface area contributed by atoms with Crippen molar-refractivity contribution in [2.24, 2.45) is 11.1 Å². The Balaban J connectivity index is 0. The molecule has 0 aliphatic heterocycles. The monoisotopic (exact) mass is 423 g/mol. The number of nitrogens with two attached hydrogens (primary N) is 1. The van der Waals surface area contributed by atoms with Gasteiger partial charge in [-0.2, -0.15) is 0 Å². The minimum absolute atomic E-state index is 0. The highest BCUT2D eigenvalue weighted by atomic mass is 35.5. The van der Waals surface area contributed by atoms with E-state index in [1.165, 1.54) is 0 Å². The summed E-state index contributed by atoms with van der Waals surface area (Å²) in [5.74, 6) is 1.03. The van der Waals surface area contributed by atoms with Gasteiger partial charge in [-0.05, 0) is 30.6 Å². The molecule has 158 valence electrons. The van der Waals surface area contributed by atoms with Gasteiger partial charge in [0.15, 0.2) is 11.5 Å². The number of hydrogen-bond donors (Lipinski definition) is 2. The highest BCUT2D eigenvalue weighted by Gasteiger charge is 2.27. The van der Waals surface area contributed by atoms with Crippen LogP contribution in [0.25, 0.3) is 0 Å². The number of rotatable bonds is 9. The SMILES string of the molecule is CCN(CC)CCOc1cc(NC(=O)[C@@H](N)C(C)(C)C)ccc1OC.Cl.Cl. The van der Waals surface area contributed by atoms with Crippen LogP contribution in [-0.4, -0.2) is 50.2 Å². The van der Waals surface area contributed by atoms with Crippen molar-refractivity contribution in [3.63, 3.8) is 0 Å². The first-order valence-corrected chi connectivity index (χ1v) is 8.82. The molecular weight excluding hydrogens is 389 g/mol. The highest BCUT2D eigenvalue weighted by Crippen LogP contribution is 2.30. The van der Waals surface area contributed by atoms with Gasteiger partial charge in [0.2, 0.25) is 5.91 Å². The maximum Gasteiger partial charge on any atom is 0.241 e. The van der Waals surface area contributed by atoms with Crippen molar-refractivity contribution in [1.29, 1.82) is 0 Å². The summed E-state index contributed by atoms with van der Waals surface area (Å²) < 4.78 is 11.2. The summed E-state index contributed by atoms with van der Waals surface area (Å²) in [5, 5.41) is 2.85. The Morgan fingerprint density at radius 2 is 1.78 bits per heavy atom. The Morgan fingerprint density at radius 3 is 2.26 bits per heavy atom. The number of methoxy groups -OCH3 is 1. The maximum absolute atomic E-state index is 12.3. The number of benzene rings is 1. The molecule has 1 atom stereocenters. The Kier molecular flexibility index (Phi) is 13.5. The van der Waals surface area contributed by atoms with Gasteiger partial charge in [-0.15, -0.1) is 24.8 Å². The van der Waals surface area contributed by atoms with Crippen molar-refractivity contribution in [1.82, 2.24) is 4.90 Å². The molecule has 0 unspecified atom stereocenters. The summed E-state index contributed by atoms with van der Waals surface area (Å²) in [4.78, 5) is 14.6. The summed E-state index contributed by atoms with van der Waals surface area (Å²) in [7, 11) is 1.60.